The third-order valence-electron chi connectivity index (χ3n) is 3.61. The summed E-state index contributed by atoms with van der Waals surface area (Å²) in [6.07, 6.45) is -4.70. The summed E-state index contributed by atoms with van der Waals surface area (Å²) in [7, 11) is 0. The summed E-state index contributed by atoms with van der Waals surface area (Å²) < 4.78 is 43.2. The minimum Gasteiger partial charge on any atom is -0.452 e. The first kappa shape index (κ1) is 21.2. The number of carbonyl (C=O) groups is 2. The summed E-state index contributed by atoms with van der Waals surface area (Å²) in [6, 6.07) is 6.55. The first-order valence-corrected chi connectivity index (χ1v) is 7.96. The van der Waals surface area contributed by atoms with E-state index in [0.29, 0.717) is 6.07 Å². The predicted molar refractivity (Wildman–Crippen MR) is 93.2 cm³/mol. The first-order chi connectivity index (χ1) is 13.0. The molecule has 1 N–H and O–H groups in total. The lowest BCUT2D eigenvalue weighted by Crippen LogP contribution is -2.21. The third-order valence-corrected chi connectivity index (χ3v) is 3.94. The number of halogens is 4. The largest absolute Gasteiger partial charge is 0.452 e. The van der Waals surface area contributed by atoms with Gasteiger partial charge in [-0.25, -0.2) is 4.79 Å². The third kappa shape index (κ3) is 4.97. The van der Waals surface area contributed by atoms with Crippen molar-refractivity contribution < 1.29 is 32.4 Å². The Hall–Kier alpha value is -3.14. The van der Waals surface area contributed by atoms with Crippen molar-refractivity contribution in [1.29, 1.82) is 0 Å². The Morgan fingerprint density at radius 2 is 1.93 bits per heavy atom. The van der Waals surface area contributed by atoms with E-state index in [1.165, 1.54) is 25.1 Å². The van der Waals surface area contributed by atoms with Crippen LogP contribution in [0.3, 0.4) is 0 Å². The topological polar surface area (TPSA) is 98.5 Å². The van der Waals surface area contributed by atoms with Crippen molar-refractivity contribution in [2.24, 2.45) is 0 Å². The van der Waals surface area contributed by atoms with Crippen molar-refractivity contribution in [2.75, 3.05) is 11.9 Å². The number of anilines is 1. The van der Waals surface area contributed by atoms with Crippen molar-refractivity contribution in [2.45, 2.75) is 13.1 Å². The number of hydrogen-bond acceptors (Lipinski definition) is 5. The fraction of sp³-hybridized carbons (Fsp3) is 0.176. The number of benzene rings is 2. The minimum atomic E-state index is -4.70. The molecule has 148 valence electrons. The van der Waals surface area contributed by atoms with Gasteiger partial charge in [-0.3, -0.25) is 14.9 Å². The molecular weight excluding hydrogens is 405 g/mol. The highest BCUT2D eigenvalue weighted by molar-refractivity contribution is 6.31. The van der Waals surface area contributed by atoms with Crippen LogP contribution in [-0.2, 0) is 15.7 Å². The Morgan fingerprint density at radius 3 is 2.54 bits per heavy atom. The van der Waals surface area contributed by atoms with E-state index in [0.717, 1.165) is 12.1 Å². The SMILES string of the molecule is Cc1c(C(=O)OCC(=O)Nc2ccc(Cl)c(C(F)(F)F)c2)cccc1[N+](=O)[O-]. The van der Waals surface area contributed by atoms with E-state index in [-0.39, 0.29) is 22.5 Å². The van der Waals surface area contributed by atoms with Gasteiger partial charge in [-0.15, -0.1) is 0 Å². The lowest BCUT2D eigenvalue weighted by atomic mass is 10.1. The molecule has 0 fully saturated rings. The molecule has 0 aliphatic rings. The second-order valence-corrected chi connectivity index (χ2v) is 5.93. The minimum absolute atomic E-state index is 0.0606. The maximum atomic E-state index is 12.8. The van der Waals surface area contributed by atoms with Gasteiger partial charge < -0.3 is 10.1 Å². The maximum Gasteiger partial charge on any atom is 0.417 e. The standard InChI is InChI=1S/C17H12ClF3N2O5/c1-9-11(3-2-4-14(9)23(26)27)16(25)28-8-15(24)22-10-5-6-13(18)12(7-10)17(19,20)21/h2-7H,8H2,1H3,(H,22,24). The number of ether oxygens (including phenoxy) is 1. The fourth-order valence-electron chi connectivity index (χ4n) is 2.27. The van der Waals surface area contributed by atoms with Gasteiger partial charge in [0.25, 0.3) is 11.6 Å². The molecular formula is C17H12ClF3N2O5. The number of nitrogens with zero attached hydrogens (tertiary/aromatic N) is 1. The second-order valence-electron chi connectivity index (χ2n) is 5.52. The number of nitro benzene ring substituents is 1. The Labute approximate surface area is 161 Å². The van der Waals surface area contributed by atoms with Crippen LogP contribution in [0.4, 0.5) is 24.5 Å². The van der Waals surface area contributed by atoms with Crippen molar-refractivity contribution in [3.63, 3.8) is 0 Å². The van der Waals surface area contributed by atoms with E-state index >= 15 is 0 Å². The second kappa shape index (κ2) is 8.26. The van der Waals surface area contributed by atoms with Crippen LogP contribution >= 0.6 is 11.6 Å². The van der Waals surface area contributed by atoms with E-state index in [1.807, 2.05) is 0 Å². The molecule has 11 heteroatoms. The molecule has 0 atom stereocenters. The fourth-order valence-corrected chi connectivity index (χ4v) is 2.49. The zero-order chi connectivity index (χ0) is 21.1. The molecule has 0 aromatic heterocycles. The van der Waals surface area contributed by atoms with Crippen LogP contribution in [-0.4, -0.2) is 23.4 Å². The molecule has 0 aliphatic heterocycles. The Morgan fingerprint density at radius 1 is 1.25 bits per heavy atom. The lowest BCUT2D eigenvalue weighted by molar-refractivity contribution is -0.385. The average molecular weight is 417 g/mol. The van der Waals surface area contributed by atoms with E-state index < -0.39 is 40.2 Å². The number of hydrogen-bond donors (Lipinski definition) is 1. The molecule has 0 bridgehead atoms. The summed E-state index contributed by atoms with van der Waals surface area (Å²) in [5, 5.41) is 12.5. The number of esters is 1. The summed E-state index contributed by atoms with van der Waals surface area (Å²) in [6.45, 7) is 0.548. The van der Waals surface area contributed by atoms with Gasteiger partial charge in [0.2, 0.25) is 0 Å². The molecule has 2 aromatic rings. The Kier molecular flexibility index (Phi) is 6.24. The lowest BCUT2D eigenvalue weighted by Gasteiger charge is -2.12. The van der Waals surface area contributed by atoms with Gasteiger partial charge in [-0.2, -0.15) is 13.2 Å². The van der Waals surface area contributed by atoms with Gasteiger partial charge in [0.05, 0.1) is 21.1 Å². The molecule has 0 radical (unpaired) electrons. The van der Waals surface area contributed by atoms with Gasteiger partial charge in [-0.05, 0) is 31.2 Å². The van der Waals surface area contributed by atoms with Crippen molar-refractivity contribution in [3.05, 3.63) is 68.2 Å². The zero-order valence-electron chi connectivity index (χ0n) is 14.2. The highest BCUT2D eigenvalue weighted by atomic mass is 35.5. The van der Waals surface area contributed by atoms with Crippen molar-refractivity contribution >= 4 is 34.9 Å². The normalized spacial score (nSPS) is 11.0. The number of amides is 1. The monoisotopic (exact) mass is 416 g/mol. The van der Waals surface area contributed by atoms with E-state index in [4.69, 9.17) is 16.3 Å². The smallest absolute Gasteiger partial charge is 0.417 e. The number of carbonyl (C=O) groups excluding carboxylic acids is 2. The van der Waals surface area contributed by atoms with Crippen LogP contribution in [0.15, 0.2) is 36.4 Å². The molecule has 1 amide bonds. The van der Waals surface area contributed by atoms with Crippen molar-refractivity contribution in [1.82, 2.24) is 0 Å². The summed E-state index contributed by atoms with van der Waals surface area (Å²) in [5.74, 6) is -1.88. The van der Waals surface area contributed by atoms with Crippen molar-refractivity contribution in [3.8, 4) is 0 Å². The summed E-state index contributed by atoms with van der Waals surface area (Å²) in [5.41, 5.74) is -1.65. The quantitative estimate of drug-likeness (QED) is 0.443. The van der Waals surface area contributed by atoms with Crippen LogP contribution < -0.4 is 5.32 Å². The van der Waals surface area contributed by atoms with Gasteiger partial charge in [0.15, 0.2) is 6.61 Å². The number of nitrogens with one attached hydrogen (secondary N) is 1. The van der Waals surface area contributed by atoms with Gasteiger partial charge in [-0.1, -0.05) is 17.7 Å². The van der Waals surface area contributed by atoms with Crippen LogP contribution in [0.25, 0.3) is 0 Å². The molecule has 2 rings (SSSR count). The number of rotatable bonds is 5. The maximum absolute atomic E-state index is 12.8. The molecule has 0 saturated carbocycles. The number of alkyl halides is 3. The van der Waals surface area contributed by atoms with E-state index in [1.54, 1.807) is 0 Å². The molecule has 0 unspecified atom stereocenters. The number of nitro groups is 1. The summed E-state index contributed by atoms with van der Waals surface area (Å²) in [4.78, 5) is 34.1. The first-order valence-electron chi connectivity index (χ1n) is 7.58. The molecule has 7 nitrogen and oxygen atoms in total. The molecule has 0 saturated heterocycles. The van der Waals surface area contributed by atoms with Gasteiger partial charge in [0.1, 0.15) is 0 Å². The highest BCUT2D eigenvalue weighted by Crippen LogP contribution is 2.36. The van der Waals surface area contributed by atoms with Gasteiger partial charge in [0, 0.05) is 17.3 Å². The Balaban J connectivity index is 2.05. The predicted octanol–water partition coefficient (Wildman–Crippen LogP) is 4.37. The van der Waals surface area contributed by atoms with E-state index in [2.05, 4.69) is 5.32 Å². The average Bonchev–Trinajstić information content (AvgIpc) is 2.60. The van der Waals surface area contributed by atoms with Crippen LogP contribution in [0.2, 0.25) is 5.02 Å². The van der Waals surface area contributed by atoms with E-state index in [9.17, 15) is 32.9 Å². The van der Waals surface area contributed by atoms with Crippen LogP contribution in [0.5, 0.6) is 0 Å². The van der Waals surface area contributed by atoms with Crippen LogP contribution in [0.1, 0.15) is 21.5 Å². The molecule has 2 aromatic carbocycles. The molecule has 0 heterocycles. The molecule has 0 aliphatic carbocycles. The van der Waals surface area contributed by atoms with Gasteiger partial charge >= 0.3 is 12.1 Å². The highest BCUT2D eigenvalue weighted by Gasteiger charge is 2.33. The molecule has 28 heavy (non-hydrogen) atoms. The molecule has 0 spiro atoms. The zero-order valence-corrected chi connectivity index (χ0v) is 14.9. The summed E-state index contributed by atoms with van der Waals surface area (Å²) >= 11 is 5.49. The Bertz CT molecular complexity index is 947. The van der Waals surface area contributed by atoms with Crippen LogP contribution in [0, 0.1) is 17.0 Å².